The van der Waals surface area contributed by atoms with Gasteiger partial charge < -0.3 is 9.47 Å². The zero-order valence-corrected chi connectivity index (χ0v) is 15.0. The summed E-state index contributed by atoms with van der Waals surface area (Å²) in [6.07, 6.45) is 4.07. The van der Waals surface area contributed by atoms with E-state index in [0.717, 1.165) is 25.7 Å². The standard InChI is InChI=1S/C15H20BrNO4S/c1-2-17(11-5-3-4-6-11)22(18,19)15-10-14-13(9-12(15)16)20-7-8-21-14/h9-11H,2-8H2,1H3. The van der Waals surface area contributed by atoms with Crippen LogP contribution in [0.2, 0.25) is 0 Å². The van der Waals surface area contributed by atoms with Crippen LogP contribution < -0.4 is 9.47 Å². The molecule has 3 rings (SSSR count). The molecule has 1 aromatic carbocycles. The van der Waals surface area contributed by atoms with Gasteiger partial charge in [-0.25, -0.2) is 8.42 Å². The molecule has 0 bridgehead atoms. The zero-order valence-electron chi connectivity index (χ0n) is 12.5. The van der Waals surface area contributed by atoms with Crippen LogP contribution >= 0.6 is 15.9 Å². The van der Waals surface area contributed by atoms with Crippen LogP contribution in [-0.2, 0) is 10.0 Å². The van der Waals surface area contributed by atoms with Crippen LogP contribution in [0.15, 0.2) is 21.5 Å². The molecule has 1 aromatic rings. The van der Waals surface area contributed by atoms with Crippen LogP contribution in [-0.4, -0.2) is 38.5 Å². The predicted molar refractivity (Wildman–Crippen MR) is 87.0 cm³/mol. The summed E-state index contributed by atoms with van der Waals surface area (Å²) in [5.74, 6) is 1.08. The lowest BCUT2D eigenvalue weighted by atomic mass is 10.2. The van der Waals surface area contributed by atoms with Crippen molar-refractivity contribution < 1.29 is 17.9 Å². The molecule has 22 heavy (non-hydrogen) atoms. The second-order valence-electron chi connectivity index (χ2n) is 5.57. The second kappa shape index (κ2) is 6.37. The van der Waals surface area contributed by atoms with Gasteiger partial charge in [0.05, 0.1) is 0 Å². The largest absolute Gasteiger partial charge is 0.486 e. The fourth-order valence-corrected chi connectivity index (χ4v) is 5.88. The Labute approximate surface area is 139 Å². The highest BCUT2D eigenvalue weighted by molar-refractivity contribution is 9.10. The Kier molecular flexibility index (Phi) is 4.66. The Bertz CT molecular complexity index is 656. The quantitative estimate of drug-likeness (QED) is 0.793. The molecule has 0 atom stereocenters. The number of hydrogen-bond acceptors (Lipinski definition) is 4. The van der Waals surface area contributed by atoms with Crippen LogP contribution in [0.25, 0.3) is 0 Å². The zero-order chi connectivity index (χ0) is 15.7. The van der Waals surface area contributed by atoms with Gasteiger partial charge in [0.25, 0.3) is 0 Å². The SMILES string of the molecule is CCN(C1CCCC1)S(=O)(=O)c1cc2c(cc1Br)OCCO2. The van der Waals surface area contributed by atoms with Gasteiger partial charge in [-0.1, -0.05) is 19.8 Å². The number of fused-ring (bicyclic) bond motifs is 1. The Morgan fingerprint density at radius 1 is 1.18 bits per heavy atom. The maximum atomic E-state index is 13.1. The highest BCUT2D eigenvalue weighted by Crippen LogP contribution is 2.39. The molecule has 1 aliphatic heterocycles. The van der Waals surface area contributed by atoms with E-state index in [9.17, 15) is 8.42 Å². The summed E-state index contributed by atoms with van der Waals surface area (Å²) in [5, 5.41) is 0. The maximum Gasteiger partial charge on any atom is 0.244 e. The predicted octanol–water partition coefficient (Wildman–Crippen LogP) is 3.17. The smallest absolute Gasteiger partial charge is 0.244 e. The van der Waals surface area contributed by atoms with E-state index in [0.29, 0.717) is 35.7 Å². The van der Waals surface area contributed by atoms with Gasteiger partial charge in [-0.05, 0) is 34.8 Å². The van der Waals surface area contributed by atoms with Crippen molar-refractivity contribution in [1.29, 1.82) is 0 Å². The number of ether oxygens (including phenoxy) is 2. The Morgan fingerprint density at radius 2 is 1.77 bits per heavy atom. The fraction of sp³-hybridized carbons (Fsp3) is 0.600. The molecule has 0 saturated heterocycles. The first-order chi connectivity index (χ1) is 10.5. The minimum Gasteiger partial charge on any atom is -0.486 e. The van der Waals surface area contributed by atoms with E-state index in [2.05, 4.69) is 15.9 Å². The number of benzene rings is 1. The average Bonchev–Trinajstić information content (AvgIpc) is 3.00. The highest BCUT2D eigenvalue weighted by atomic mass is 79.9. The average molecular weight is 390 g/mol. The van der Waals surface area contributed by atoms with Crippen molar-refractivity contribution >= 4 is 26.0 Å². The molecule has 2 aliphatic rings. The van der Waals surface area contributed by atoms with E-state index < -0.39 is 10.0 Å². The van der Waals surface area contributed by atoms with E-state index in [4.69, 9.17) is 9.47 Å². The van der Waals surface area contributed by atoms with E-state index in [-0.39, 0.29) is 10.9 Å². The molecule has 1 aliphatic carbocycles. The molecule has 0 unspecified atom stereocenters. The van der Waals surface area contributed by atoms with Gasteiger partial charge in [0.2, 0.25) is 10.0 Å². The molecule has 0 spiro atoms. The van der Waals surface area contributed by atoms with Crippen molar-refractivity contribution in [2.75, 3.05) is 19.8 Å². The third-order valence-electron chi connectivity index (χ3n) is 4.23. The lowest BCUT2D eigenvalue weighted by molar-refractivity contribution is 0.171. The summed E-state index contributed by atoms with van der Waals surface area (Å²) >= 11 is 3.38. The molecule has 1 heterocycles. The van der Waals surface area contributed by atoms with Crippen molar-refractivity contribution in [3.63, 3.8) is 0 Å². The van der Waals surface area contributed by atoms with Crippen LogP contribution in [0.1, 0.15) is 32.6 Å². The summed E-state index contributed by atoms with van der Waals surface area (Å²) < 4.78 is 39.3. The second-order valence-corrected chi connectivity index (χ2v) is 8.29. The monoisotopic (exact) mass is 389 g/mol. The highest BCUT2D eigenvalue weighted by Gasteiger charge is 2.34. The van der Waals surface area contributed by atoms with Gasteiger partial charge in [-0.15, -0.1) is 0 Å². The molecular formula is C15H20BrNO4S. The first kappa shape index (κ1) is 16.1. The molecule has 0 N–H and O–H groups in total. The fourth-order valence-electron chi connectivity index (χ4n) is 3.19. The van der Waals surface area contributed by atoms with Crippen molar-refractivity contribution in [1.82, 2.24) is 4.31 Å². The van der Waals surface area contributed by atoms with Crippen LogP contribution in [0, 0.1) is 0 Å². The Morgan fingerprint density at radius 3 is 2.36 bits per heavy atom. The molecule has 7 heteroatoms. The molecule has 0 radical (unpaired) electrons. The van der Waals surface area contributed by atoms with Crippen molar-refractivity contribution in [3.8, 4) is 11.5 Å². The van der Waals surface area contributed by atoms with E-state index in [1.807, 2.05) is 6.92 Å². The van der Waals surface area contributed by atoms with Crippen molar-refractivity contribution in [3.05, 3.63) is 16.6 Å². The van der Waals surface area contributed by atoms with Crippen LogP contribution in [0.3, 0.4) is 0 Å². The van der Waals surface area contributed by atoms with Gasteiger partial charge in [-0.2, -0.15) is 4.31 Å². The number of hydrogen-bond donors (Lipinski definition) is 0. The Hall–Kier alpha value is -0.790. The molecule has 5 nitrogen and oxygen atoms in total. The normalized spacial score (nSPS) is 18.9. The van der Waals surface area contributed by atoms with Gasteiger partial charge in [0.15, 0.2) is 11.5 Å². The molecule has 1 fully saturated rings. The molecule has 0 amide bonds. The minimum atomic E-state index is -3.55. The summed E-state index contributed by atoms with van der Waals surface area (Å²) in [5.41, 5.74) is 0. The van der Waals surface area contributed by atoms with E-state index >= 15 is 0 Å². The Balaban J connectivity index is 2.00. The number of halogens is 1. The molecule has 0 aromatic heterocycles. The third-order valence-corrected chi connectivity index (χ3v) is 7.21. The van der Waals surface area contributed by atoms with Crippen LogP contribution in [0.4, 0.5) is 0 Å². The summed E-state index contributed by atoms with van der Waals surface area (Å²) in [4.78, 5) is 0.255. The maximum absolute atomic E-state index is 13.1. The molecule has 1 saturated carbocycles. The summed E-state index contributed by atoms with van der Waals surface area (Å²) in [7, 11) is -3.55. The number of sulfonamides is 1. The van der Waals surface area contributed by atoms with Gasteiger partial charge in [-0.3, -0.25) is 0 Å². The van der Waals surface area contributed by atoms with Crippen molar-refractivity contribution in [2.24, 2.45) is 0 Å². The first-order valence-electron chi connectivity index (χ1n) is 7.65. The van der Waals surface area contributed by atoms with E-state index in [1.54, 1.807) is 16.4 Å². The summed E-state index contributed by atoms with van der Waals surface area (Å²) in [6.45, 7) is 3.29. The van der Waals surface area contributed by atoms with Crippen molar-refractivity contribution in [2.45, 2.75) is 43.5 Å². The van der Waals surface area contributed by atoms with Gasteiger partial charge in [0.1, 0.15) is 18.1 Å². The van der Waals surface area contributed by atoms with E-state index in [1.165, 1.54) is 0 Å². The topological polar surface area (TPSA) is 55.8 Å². The first-order valence-corrected chi connectivity index (χ1v) is 9.88. The number of nitrogens with zero attached hydrogens (tertiary/aromatic N) is 1. The minimum absolute atomic E-state index is 0.107. The number of rotatable bonds is 4. The lowest BCUT2D eigenvalue weighted by Crippen LogP contribution is -2.38. The molecule has 122 valence electrons. The third kappa shape index (κ3) is 2.86. The lowest BCUT2D eigenvalue weighted by Gasteiger charge is -2.28. The summed E-state index contributed by atoms with van der Waals surface area (Å²) in [6, 6.07) is 3.37. The van der Waals surface area contributed by atoms with Gasteiger partial charge >= 0.3 is 0 Å². The van der Waals surface area contributed by atoms with Crippen LogP contribution in [0.5, 0.6) is 11.5 Å². The molecular weight excluding hydrogens is 370 g/mol. The van der Waals surface area contributed by atoms with Gasteiger partial charge in [0, 0.05) is 23.1 Å².